The molecular formula is C12H16F3NO2S. The number of rotatable bonds is 6. The number of alkyl halides is 3. The molecule has 0 amide bonds. The zero-order valence-corrected chi connectivity index (χ0v) is 11.2. The van der Waals surface area contributed by atoms with Crippen molar-refractivity contribution >= 4 is 10.8 Å². The normalized spacial score (nSPS) is 15.2. The quantitative estimate of drug-likeness (QED) is 0.786. The van der Waals surface area contributed by atoms with Crippen molar-refractivity contribution in [3.63, 3.8) is 0 Å². The van der Waals surface area contributed by atoms with Crippen molar-refractivity contribution in [3.8, 4) is 0 Å². The number of aliphatic hydroxyl groups is 1. The summed E-state index contributed by atoms with van der Waals surface area (Å²) in [5.74, 6) is 0.440. The Hall–Kier alpha value is -0.920. The average Bonchev–Trinajstić information content (AvgIpc) is 2.33. The van der Waals surface area contributed by atoms with Crippen LogP contribution in [0.4, 0.5) is 13.2 Å². The summed E-state index contributed by atoms with van der Waals surface area (Å²) in [5, 5.41) is 12.6. The van der Waals surface area contributed by atoms with E-state index in [0.29, 0.717) is 12.3 Å². The molecule has 1 rings (SSSR count). The highest BCUT2D eigenvalue weighted by molar-refractivity contribution is 7.84. The van der Waals surface area contributed by atoms with E-state index in [0.717, 1.165) is 12.1 Å². The van der Waals surface area contributed by atoms with Gasteiger partial charge >= 0.3 is 6.18 Å². The molecule has 0 heterocycles. The zero-order valence-electron chi connectivity index (χ0n) is 10.4. The third kappa shape index (κ3) is 5.71. The molecule has 108 valence electrons. The fourth-order valence-electron chi connectivity index (χ4n) is 1.49. The van der Waals surface area contributed by atoms with E-state index >= 15 is 0 Å². The van der Waals surface area contributed by atoms with E-state index in [1.54, 1.807) is 6.26 Å². The van der Waals surface area contributed by atoms with Crippen molar-refractivity contribution in [1.82, 2.24) is 5.32 Å². The fraction of sp³-hybridized carbons (Fsp3) is 0.500. The van der Waals surface area contributed by atoms with Crippen molar-refractivity contribution in [2.75, 3.05) is 25.1 Å². The molecule has 19 heavy (non-hydrogen) atoms. The molecule has 0 radical (unpaired) electrons. The minimum atomic E-state index is -4.41. The lowest BCUT2D eigenvalue weighted by atomic mass is 10.1. The highest BCUT2D eigenvalue weighted by atomic mass is 32.2. The summed E-state index contributed by atoms with van der Waals surface area (Å²) >= 11 is 0. The van der Waals surface area contributed by atoms with Crippen LogP contribution < -0.4 is 5.32 Å². The zero-order chi connectivity index (χ0) is 14.5. The van der Waals surface area contributed by atoms with Gasteiger partial charge in [0.2, 0.25) is 0 Å². The van der Waals surface area contributed by atoms with Crippen LogP contribution in [0.5, 0.6) is 0 Å². The summed E-state index contributed by atoms with van der Waals surface area (Å²) in [5.41, 5.74) is -0.571. The molecule has 0 aliphatic carbocycles. The van der Waals surface area contributed by atoms with E-state index in [1.165, 1.54) is 12.1 Å². The van der Waals surface area contributed by atoms with Crippen molar-refractivity contribution in [2.45, 2.75) is 12.3 Å². The van der Waals surface area contributed by atoms with E-state index in [9.17, 15) is 22.5 Å². The first kappa shape index (κ1) is 16.1. The summed E-state index contributed by atoms with van der Waals surface area (Å²) in [6.07, 6.45) is -3.87. The van der Waals surface area contributed by atoms with Gasteiger partial charge in [-0.25, -0.2) is 0 Å². The predicted molar refractivity (Wildman–Crippen MR) is 68.2 cm³/mol. The summed E-state index contributed by atoms with van der Waals surface area (Å²) in [4.78, 5) is 0. The first-order valence-electron chi connectivity index (χ1n) is 5.66. The molecule has 0 aromatic heterocycles. The summed E-state index contributed by atoms with van der Waals surface area (Å²) < 4.78 is 48.3. The lowest BCUT2D eigenvalue weighted by molar-refractivity contribution is -0.137. The minimum Gasteiger partial charge on any atom is -0.387 e. The van der Waals surface area contributed by atoms with Gasteiger partial charge in [-0.05, 0) is 17.7 Å². The molecule has 0 saturated carbocycles. The molecule has 2 N–H and O–H groups in total. The van der Waals surface area contributed by atoms with Gasteiger partial charge in [0.25, 0.3) is 0 Å². The molecule has 2 atom stereocenters. The van der Waals surface area contributed by atoms with Gasteiger partial charge in [0.1, 0.15) is 0 Å². The Balaban J connectivity index is 2.57. The van der Waals surface area contributed by atoms with Crippen molar-refractivity contribution in [2.24, 2.45) is 0 Å². The van der Waals surface area contributed by atoms with Crippen LogP contribution in [-0.2, 0) is 17.0 Å². The minimum absolute atomic E-state index is 0.124. The lowest BCUT2D eigenvalue weighted by Gasteiger charge is -2.14. The van der Waals surface area contributed by atoms with Crippen LogP contribution in [0.1, 0.15) is 17.2 Å². The monoisotopic (exact) mass is 295 g/mol. The maximum absolute atomic E-state index is 12.5. The predicted octanol–water partition coefficient (Wildman–Crippen LogP) is 1.71. The number of hydrogen-bond acceptors (Lipinski definition) is 3. The van der Waals surface area contributed by atoms with Crippen LogP contribution in [0.25, 0.3) is 0 Å². The molecule has 3 nitrogen and oxygen atoms in total. The maximum atomic E-state index is 12.5. The van der Waals surface area contributed by atoms with Gasteiger partial charge in [-0.2, -0.15) is 13.2 Å². The molecule has 0 fully saturated rings. The number of hydrogen-bond donors (Lipinski definition) is 2. The SMILES string of the molecule is CS(=O)CCNCC(O)c1cccc(C(F)(F)F)c1. The molecule has 2 unspecified atom stereocenters. The first-order valence-corrected chi connectivity index (χ1v) is 7.39. The lowest BCUT2D eigenvalue weighted by Crippen LogP contribution is -2.25. The Morgan fingerprint density at radius 2 is 2.11 bits per heavy atom. The molecule has 7 heteroatoms. The van der Waals surface area contributed by atoms with E-state index in [1.807, 2.05) is 0 Å². The Kier molecular flexibility index (Phi) is 5.96. The molecule has 0 bridgehead atoms. The number of nitrogens with one attached hydrogen (secondary N) is 1. The van der Waals surface area contributed by atoms with Gasteiger partial charge in [0.05, 0.1) is 11.7 Å². The molecule has 0 spiro atoms. The molecule has 1 aromatic rings. The second-order valence-corrected chi connectivity index (χ2v) is 5.68. The summed E-state index contributed by atoms with van der Waals surface area (Å²) in [6, 6.07) is 4.61. The van der Waals surface area contributed by atoms with Gasteiger partial charge < -0.3 is 10.4 Å². The van der Waals surface area contributed by atoms with Crippen LogP contribution in [-0.4, -0.2) is 34.4 Å². The molecule has 0 aliphatic heterocycles. The van der Waals surface area contributed by atoms with Crippen LogP contribution in [0.3, 0.4) is 0 Å². The largest absolute Gasteiger partial charge is 0.416 e. The van der Waals surface area contributed by atoms with Gasteiger partial charge in [0, 0.05) is 35.9 Å². The summed E-state index contributed by atoms with van der Waals surface area (Å²) in [6.45, 7) is 0.567. The number of halogens is 3. The Labute approximate surface area is 112 Å². The Bertz CT molecular complexity index is 437. The highest BCUT2D eigenvalue weighted by Crippen LogP contribution is 2.30. The summed E-state index contributed by atoms with van der Waals surface area (Å²) in [7, 11) is -0.933. The van der Waals surface area contributed by atoms with E-state index in [4.69, 9.17) is 0 Å². The van der Waals surface area contributed by atoms with E-state index < -0.39 is 28.6 Å². The Morgan fingerprint density at radius 1 is 1.42 bits per heavy atom. The van der Waals surface area contributed by atoms with Crippen LogP contribution in [0.15, 0.2) is 24.3 Å². The molecule has 1 aromatic carbocycles. The van der Waals surface area contributed by atoms with Gasteiger partial charge in [-0.3, -0.25) is 4.21 Å². The molecule has 0 saturated heterocycles. The van der Waals surface area contributed by atoms with E-state index in [2.05, 4.69) is 5.32 Å². The standard InChI is InChI=1S/C12H16F3NO2S/c1-19(18)6-5-16-8-11(17)9-3-2-4-10(7-9)12(13,14)15/h2-4,7,11,16-17H,5-6,8H2,1H3. The van der Waals surface area contributed by atoms with Crippen molar-refractivity contribution < 1.29 is 22.5 Å². The number of aliphatic hydroxyl groups excluding tert-OH is 1. The average molecular weight is 295 g/mol. The van der Waals surface area contributed by atoms with Gasteiger partial charge in [0.15, 0.2) is 0 Å². The first-order chi connectivity index (χ1) is 8.80. The maximum Gasteiger partial charge on any atom is 0.416 e. The van der Waals surface area contributed by atoms with Crippen molar-refractivity contribution in [3.05, 3.63) is 35.4 Å². The molecular weight excluding hydrogens is 279 g/mol. The third-order valence-corrected chi connectivity index (χ3v) is 3.28. The van der Waals surface area contributed by atoms with Crippen LogP contribution >= 0.6 is 0 Å². The smallest absolute Gasteiger partial charge is 0.387 e. The molecule has 0 aliphatic rings. The topological polar surface area (TPSA) is 49.3 Å². The van der Waals surface area contributed by atoms with Gasteiger partial charge in [-0.1, -0.05) is 12.1 Å². The van der Waals surface area contributed by atoms with Crippen LogP contribution in [0, 0.1) is 0 Å². The van der Waals surface area contributed by atoms with E-state index in [-0.39, 0.29) is 12.1 Å². The van der Waals surface area contributed by atoms with Crippen LogP contribution in [0.2, 0.25) is 0 Å². The highest BCUT2D eigenvalue weighted by Gasteiger charge is 2.30. The second kappa shape index (κ2) is 7.02. The number of benzene rings is 1. The Morgan fingerprint density at radius 3 is 2.68 bits per heavy atom. The fourth-order valence-corrected chi connectivity index (χ4v) is 1.93. The second-order valence-electron chi connectivity index (χ2n) is 4.12. The van der Waals surface area contributed by atoms with Gasteiger partial charge in [-0.15, -0.1) is 0 Å². The van der Waals surface area contributed by atoms with Crippen molar-refractivity contribution in [1.29, 1.82) is 0 Å². The third-order valence-electron chi connectivity index (χ3n) is 2.50.